The topological polar surface area (TPSA) is 77.5 Å². The molecule has 35 heavy (non-hydrogen) atoms. The van der Waals surface area contributed by atoms with E-state index in [2.05, 4.69) is 0 Å². The van der Waals surface area contributed by atoms with Crippen molar-refractivity contribution in [1.82, 2.24) is 0 Å². The van der Waals surface area contributed by atoms with Crippen molar-refractivity contribution in [1.29, 1.82) is 0 Å². The largest absolute Gasteiger partial charge is 0.486 e. The van der Waals surface area contributed by atoms with E-state index in [1.165, 1.54) is 12.1 Å². The summed E-state index contributed by atoms with van der Waals surface area (Å²) in [5.41, 5.74) is 2.78. The van der Waals surface area contributed by atoms with Crippen molar-refractivity contribution in [2.45, 2.75) is 46.5 Å². The molecular weight excluding hydrogens is 480 g/mol. The maximum Gasteiger partial charge on any atom is 0.206 e. The Bertz CT molecular complexity index is 1520. The molecule has 4 aromatic rings. The van der Waals surface area contributed by atoms with E-state index in [4.69, 9.17) is 4.74 Å². The Balaban J connectivity index is 1.47. The van der Waals surface area contributed by atoms with Gasteiger partial charge in [0.2, 0.25) is 19.7 Å². The molecule has 5 nitrogen and oxygen atoms in total. The highest BCUT2D eigenvalue weighted by Gasteiger charge is 2.19. The van der Waals surface area contributed by atoms with Crippen LogP contribution in [0.3, 0.4) is 0 Å². The molecule has 180 valence electrons. The molecule has 0 radical (unpaired) electrons. The molecule has 7 heteroatoms. The monoisotopic (exact) mass is 506 g/mol. The third-order valence-electron chi connectivity index (χ3n) is 5.77. The third kappa shape index (κ3) is 5.31. The van der Waals surface area contributed by atoms with Crippen molar-refractivity contribution in [3.8, 4) is 5.75 Å². The summed E-state index contributed by atoms with van der Waals surface area (Å²) >= 11 is 0. The van der Waals surface area contributed by atoms with Crippen LogP contribution >= 0.6 is 0 Å². The van der Waals surface area contributed by atoms with E-state index < -0.39 is 19.7 Å². The number of sulfone groups is 2. The second kappa shape index (κ2) is 9.68. The number of rotatable bonds is 7. The summed E-state index contributed by atoms with van der Waals surface area (Å²) < 4.78 is 57.4. The lowest BCUT2D eigenvalue weighted by Gasteiger charge is -2.16. The van der Waals surface area contributed by atoms with Crippen molar-refractivity contribution in [2.24, 2.45) is 0 Å². The van der Waals surface area contributed by atoms with E-state index in [1.54, 1.807) is 84.9 Å². The SMILES string of the molecule is Cc1ccc(S(=O)(=O)c2ccc(OC(C)c3ccc(S(=O)(=O)c4ccc(C)cc4)cc3)cc2)cc1. The highest BCUT2D eigenvalue weighted by Crippen LogP contribution is 2.28. The average molecular weight is 507 g/mol. The van der Waals surface area contributed by atoms with Gasteiger partial charge in [0.15, 0.2) is 0 Å². The van der Waals surface area contributed by atoms with Crippen LogP contribution in [-0.4, -0.2) is 16.8 Å². The summed E-state index contributed by atoms with van der Waals surface area (Å²) in [5, 5.41) is 0. The minimum atomic E-state index is -3.61. The van der Waals surface area contributed by atoms with Gasteiger partial charge in [0.1, 0.15) is 11.9 Å². The van der Waals surface area contributed by atoms with Crippen LogP contribution in [0.25, 0.3) is 0 Å². The van der Waals surface area contributed by atoms with Crippen LogP contribution in [0, 0.1) is 13.8 Å². The van der Waals surface area contributed by atoms with Crippen LogP contribution < -0.4 is 4.74 Å². The normalized spacial score (nSPS) is 12.8. The van der Waals surface area contributed by atoms with Crippen LogP contribution in [0.4, 0.5) is 0 Å². The third-order valence-corrected chi connectivity index (χ3v) is 9.34. The van der Waals surface area contributed by atoms with E-state index in [0.29, 0.717) is 5.75 Å². The van der Waals surface area contributed by atoms with E-state index in [1.807, 2.05) is 20.8 Å². The van der Waals surface area contributed by atoms with Crippen LogP contribution in [0.5, 0.6) is 5.75 Å². The van der Waals surface area contributed by atoms with E-state index in [9.17, 15) is 16.8 Å². The van der Waals surface area contributed by atoms with Gasteiger partial charge in [-0.05, 0) is 87.0 Å². The molecule has 4 rings (SSSR count). The quantitative estimate of drug-likeness (QED) is 0.302. The summed E-state index contributed by atoms with van der Waals surface area (Å²) in [6.45, 7) is 5.66. The molecule has 0 N–H and O–H groups in total. The molecule has 0 aliphatic carbocycles. The Hall–Kier alpha value is -3.42. The van der Waals surface area contributed by atoms with Gasteiger partial charge >= 0.3 is 0 Å². The number of ether oxygens (including phenoxy) is 1. The Kier molecular flexibility index (Phi) is 6.83. The van der Waals surface area contributed by atoms with Gasteiger partial charge in [-0.15, -0.1) is 0 Å². The zero-order valence-corrected chi connectivity index (χ0v) is 21.3. The number of hydrogen-bond donors (Lipinski definition) is 0. The smallest absolute Gasteiger partial charge is 0.206 e. The van der Waals surface area contributed by atoms with Crippen molar-refractivity contribution in [3.63, 3.8) is 0 Å². The van der Waals surface area contributed by atoms with E-state index >= 15 is 0 Å². The van der Waals surface area contributed by atoms with Crippen molar-refractivity contribution >= 4 is 19.7 Å². The molecule has 0 bridgehead atoms. The van der Waals surface area contributed by atoms with Crippen molar-refractivity contribution in [2.75, 3.05) is 0 Å². The standard InChI is InChI=1S/C28H26O5S2/c1-20-4-12-25(13-5-20)34(29,30)27-16-8-23(9-17-27)22(3)33-24-10-18-28(19-11-24)35(31,32)26-14-6-21(2)7-15-26/h4-19,22H,1-3H3. The number of hydrogen-bond acceptors (Lipinski definition) is 5. The highest BCUT2D eigenvalue weighted by atomic mass is 32.2. The predicted octanol–water partition coefficient (Wildman–Crippen LogP) is 6.11. The Morgan fingerprint density at radius 1 is 0.514 bits per heavy atom. The lowest BCUT2D eigenvalue weighted by atomic mass is 10.1. The van der Waals surface area contributed by atoms with Gasteiger partial charge in [0.25, 0.3) is 0 Å². The van der Waals surface area contributed by atoms with Crippen LogP contribution in [-0.2, 0) is 19.7 Å². The van der Waals surface area contributed by atoms with Crippen molar-refractivity contribution < 1.29 is 21.6 Å². The van der Waals surface area contributed by atoms with Gasteiger partial charge in [-0.3, -0.25) is 0 Å². The fourth-order valence-electron chi connectivity index (χ4n) is 3.59. The number of aryl methyl sites for hydroxylation is 2. The van der Waals surface area contributed by atoms with Crippen LogP contribution in [0.1, 0.15) is 29.7 Å². The van der Waals surface area contributed by atoms with Crippen LogP contribution in [0.2, 0.25) is 0 Å². The van der Waals surface area contributed by atoms with E-state index in [-0.39, 0.29) is 25.7 Å². The zero-order chi connectivity index (χ0) is 25.2. The van der Waals surface area contributed by atoms with E-state index in [0.717, 1.165) is 16.7 Å². The summed E-state index contributed by atoms with van der Waals surface area (Å²) in [5.74, 6) is 0.511. The fraction of sp³-hybridized carbons (Fsp3) is 0.143. The lowest BCUT2D eigenvalue weighted by molar-refractivity contribution is 0.226. The van der Waals surface area contributed by atoms with Gasteiger partial charge in [-0.1, -0.05) is 47.5 Å². The summed E-state index contributed by atoms with van der Waals surface area (Å²) in [6.07, 6.45) is -0.370. The minimum Gasteiger partial charge on any atom is -0.486 e. The summed E-state index contributed by atoms with van der Waals surface area (Å²) in [4.78, 5) is 0.890. The molecule has 0 aromatic heterocycles. The minimum absolute atomic E-state index is 0.187. The Morgan fingerprint density at radius 3 is 1.20 bits per heavy atom. The maximum atomic E-state index is 12.9. The molecule has 0 spiro atoms. The Labute approximate surface area is 206 Å². The number of benzene rings is 4. The molecule has 4 aromatic carbocycles. The summed E-state index contributed by atoms with van der Waals surface area (Å²) in [6, 6.07) is 26.4. The predicted molar refractivity (Wildman–Crippen MR) is 135 cm³/mol. The molecule has 0 amide bonds. The van der Waals surface area contributed by atoms with Crippen LogP contribution in [0.15, 0.2) is 117 Å². The second-order valence-electron chi connectivity index (χ2n) is 8.43. The molecule has 0 heterocycles. The first-order chi connectivity index (χ1) is 16.6. The van der Waals surface area contributed by atoms with Gasteiger partial charge < -0.3 is 4.74 Å². The molecule has 1 unspecified atom stereocenters. The molecule has 0 aliphatic rings. The van der Waals surface area contributed by atoms with Gasteiger partial charge in [0.05, 0.1) is 19.6 Å². The first-order valence-electron chi connectivity index (χ1n) is 11.1. The molecule has 1 atom stereocenters. The van der Waals surface area contributed by atoms with Gasteiger partial charge in [-0.2, -0.15) is 0 Å². The lowest BCUT2D eigenvalue weighted by Crippen LogP contribution is -2.06. The first kappa shape index (κ1) is 24.7. The Morgan fingerprint density at radius 2 is 0.829 bits per heavy atom. The highest BCUT2D eigenvalue weighted by molar-refractivity contribution is 7.91. The molecular formula is C28H26O5S2. The van der Waals surface area contributed by atoms with Crippen molar-refractivity contribution in [3.05, 3.63) is 114 Å². The molecule has 0 saturated carbocycles. The molecule has 0 saturated heterocycles. The fourth-order valence-corrected chi connectivity index (χ4v) is 6.12. The summed E-state index contributed by atoms with van der Waals surface area (Å²) in [7, 11) is -7.21. The maximum absolute atomic E-state index is 12.9. The average Bonchev–Trinajstić information content (AvgIpc) is 2.85. The molecule has 0 aliphatic heterocycles. The zero-order valence-electron chi connectivity index (χ0n) is 19.7. The second-order valence-corrected chi connectivity index (χ2v) is 12.3. The first-order valence-corrected chi connectivity index (χ1v) is 14.0. The van der Waals surface area contributed by atoms with Gasteiger partial charge in [0, 0.05) is 0 Å². The van der Waals surface area contributed by atoms with Gasteiger partial charge in [-0.25, -0.2) is 16.8 Å². The molecule has 0 fully saturated rings.